The van der Waals surface area contributed by atoms with Gasteiger partial charge < -0.3 is 20.2 Å². The van der Waals surface area contributed by atoms with Gasteiger partial charge in [-0.25, -0.2) is 10.9 Å². The zero-order valence-electron chi connectivity index (χ0n) is 18.5. The molecule has 8 nitrogen and oxygen atoms in total. The molecule has 2 unspecified atom stereocenters. The van der Waals surface area contributed by atoms with Crippen LogP contribution in [0.15, 0.2) is 77.2 Å². The van der Waals surface area contributed by atoms with Crippen LogP contribution in [0.1, 0.15) is 34.1 Å². The maximum atomic E-state index is 13.1. The summed E-state index contributed by atoms with van der Waals surface area (Å²) in [6.07, 6.45) is 0.421. The van der Waals surface area contributed by atoms with Gasteiger partial charge in [-0.2, -0.15) is 0 Å². The normalized spacial score (nSPS) is 17.6. The van der Waals surface area contributed by atoms with E-state index in [4.69, 9.17) is 4.42 Å². The summed E-state index contributed by atoms with van der Waals surface area (Å²) in [6, 6.07) is 20.8. The smallest absolute Gasteiger partial charge is 0.293 e. The summed E-state index contributed by atoms with van der Waals surface area (Å²) < 4.78 is 5.83. The molecule has 172 valence electrons. The van der Waals surface area contributed by atoms with Crippen LogP contribution in [0.4, 0.5) is 11.4 Å². The highest BCUT2D eigenvalue weighted by Gasteiger charge is 2.33. The van der Waals surface area contributed by atoms with Gasteiger partial charge in [-0.15, -0.1) is 0 Å². The molecule has 0 saturated carbocycles. The van der Waals surface area contributed by atoms with Crippen LogP contribution in [0.3, 0.4) is 0 Å². The molecule has 0 aliphatic carbocycles. The number of phenols is 1. The molecule has 2 heterocycles. The van der Waals surface area contributed by atoms with Gasteiger partial charge >= 0.3 is 0 Å². The summed E-state index contributed by atoms with van der Waals surface area (Å²) in [4.78, 5) is 26.2. The second-order valence-electron chi connectivity index (χ2n) is 8.30. The Morgan fingerprint density at radius 2 is 1.68 bits per heavy atom. The third-order valence-corrected chi connectivity index (χ3v) is 5.89. The number of aryl methyl sites for hydroxylation is 1. The Balaban J connectivity index is 1.38. The van der Waals surface area contributed by atoms with Gasteiger partial charge in [0.05, 0.1) is 6.04 Å². The second-order valence-corrected chi connectivity index (χ2v) is 8.30. The quantitative estimate of drug-likeness (QED) is 0.307. The van der Waals surface area contributed by atoms with E-state index in [9.17, 15) is 14.7 Å². The minimum absolute atomic E-state index is 0.0262. The Bertz CT molecular complexity index is 1360. The van der Waals surface area contributed by atoms with Crippen molar-refractivity contribution < 1.29 is 19.1 Å². The van der Waals surface area contributed by atoms with Crippen LogP contribution in [-0.2, 0) is 4.79 Å². The van der Waals surface area contributed by atoms with Gasteiger partial charge in [0.2, 0.25) is 11.7 Å². The number of hydrazine groups is 1. The van der Waals surface area contributed by atoms with Crippen molar-refractivity contribution in [1.29, 1.82) is 0 Å². The fraction of sp³-hybridized carbons (Fsp3) is 0.154. The van der Waals surface area contributed by atoms with E-state index >= 15 is 0 Å². The number of carbonyl (C=O) groups excluding carboxylic acids is 2. The number of hydrogen-bond acceptors (Lipinski definition) is 6. The number of fused-ring (bicyclic) bond motifs is 1. The van der Waals surface area contributed by atoms with Crippen molar-refractivity contribution in [2.75, 3.05) is 10.6 Å². The van der Waals surface area contributed by atoms with E-state index in [1.807, 2.05) is 37.3 Å². The number of furan rings is 1. The van der Waals surface area contributed by atoms with Crippen molar-refractivity contribution in [2.45, 2.75) is 25.4 Å². The average Bonchev–Trinajstić information content (AvgIpc) is 3.47. The van der Waals surface area contributed by atoms with Crippen LogP contribution in [0.25, 0.3) is 11.0 Å². The van der Waals surface area contributed by atoms with E-state index in [0.29, 0.717) is 34.3 Å². The van der Waals surface area contributed by atoms with Gasteiger partial charge in [0.1, 0.15) is 23.1 Å². The Labute approximate surface area is 195 Å². The lowest BCUT2D eigenvalue weighted by Crippen LogP contribution is -2.39. The van der Waals surface area contributed by atoms with Crippen molar-refractivity contribution in [1.82, 2.24) is 10.9 Å². The summed E-state index contributed by atoms with van der Waals surface area (Å²) in [5.74, 6) is -0.585. The maximum Gasteiger partial charge on any atom is 0.293 e. The minimum Gasteiger partial charge on any atom is -0.508 e. The van der Waals surface area contributed by atoms with Gasteiger partial charge in [-0.1, -0.05) is 48.0 Å². The number of hydrogen-bond donors (Lipinski definition) is 5. The molecule has 5 rings (SSSR count). The predicted octanol–water partition coefficient (Wildman–Crippen LogP) is 4.25. The van der Waals surface area contributed by atoms with Crippen LogP contribution in [0.5, 0.6) is 5.75 Å². The van der Waals surface area contributed by atoms with Gasteiger partial charge in [-0.05, 0) is 43.7 Å². The number of anilines is 2. The molecule has 4 aromatic rings. The molecule has 34 heavy (non-hydrogen) atoms. The lowest BCUT2D eigenvalue weighted by atomic mass is 10.0. The molecule has 3 aromatic carbocycles. The van der Waals surface area contributed by atoms with Crippen LogP contribution in [0.2, 0.25) is 0 Å². The van der Waals surface area contributed by atoms with Crippen LogP contribution in [0, 0.1) is 6.92 Å². The van der Waals surface area contributed by atoms with E-state index in [2.05, 4.69) is 21.5 Å². The van der Waals surface area contributed by atoms with Crippen molar-refractivity contribution in [3.8, 4) is 5.75 Å². The van der Waals surface area contributed by atoms with Crippen molar-refractivity contribution >= 4 is 34.2 Å². The fourth-order valence-electron chi connectivity index (χ4n) is 4.08. The summed E-state index contributed by atoms with van der Waals surface area (Å²) >= 11 is 0. The molecular weight excluding hydrogens is 432 g/mol. The highest BCUT2D eigenvalue weighted by atomic mass is 16.3. The van der Waals surface area contributed by atoms with Crippen molar-refractivity contribution in [3.63, 3.8) is 0 Å². The van der Waals surface area contributed by atoms with E-state index < -0.39 is 11.9 Å². The number of nitrogens with one attached hydrogen (secondary N) is 4. The first-order chi connectivity index (χ1) is 16.5. The SMILES string of the molecule is Cc1ccc(NC(=O)c2oc3ccccc3c2NC(=O)C2CC(c3ccccc3O)NN2)cc1. The Hall–Kier alpha value is -4.14. The van der Waals surface area contributed by atoms with Gasteiger partial charge in [-0.3, -0.25) is 9.59 Å². The van der Waals surface area contributed by atoms with Crippen LogP contribution >= 0.6 is 0 Å². The molecule has 2 amide bonds. The Morgan fingerprint density at radius 1 is 0.941 bits per heavy atom. The van der Waals surface area contributed by atoms with E-state index in [1.54, 1.807) is 42.5 Å². The third kappa shape index (κ3) is 4.24. The van der Waals surface area contributed by atoms with E-state index in [0.717, 1.165) is 5.56 Å². The third-order valence-electron chi connectivity index (χ3n) is 5.89. The molecule has 5 N–H and O–H groups in total. The number of para-hydroxylation sites is 2. The van der Waals surface area contributed by atoms with Gasteiger partial charge in [0.25, 0.3) is 5.91 Å². The van der Waals surface area contributed by atoms with E-state index in [-0.39, 0.29) is 23.5 Å². The zero-order valence-corrected chi connectivity index (χ0v) is 18.5. The lowest BCUT2D eigenvalue weighted by molar-refractivity contribution is -0.117. The standard InChI is InChI=1S/C26H24N4O4/c1-15-10-12-16(13-11-15)27-26(33)24-23(18-7-3-5-9-22(18)34-24)28-25(32)20-14-19(29-30-20)17-6-2-4-8-21(17)31/h2-13,19-20,29-31H,14H2,1H3,(H,27,33)(H,28,32). The average molecular weight is 457 g/mol. The minimum atomic E-state index is -0.578. The van der Waals surface area contributed by atoms with E-state index in [1.165, 1.54) is 0 Å². The number of benzene rings is 3. The fourth-order valence-corrected chi connectivity index (χ4v) is 4.08. The van der Waals surface area contributed by atoms with Crippen molar-refractivity contribution in [2.24, 2.45) is 0 Å². The molecule has 0 spiro atoms. The topological polar surface area (TPSA) is 116 Å². The highest BCUT2D eigenvalue weighted by molar-refractivity contribution is 6.15. The van der Waals surface area contributed by atoms with Crippen molar-refractivity contribution in [3.05, 3.63) is 89.7 Å². The Morgan fingerprint density at radius 3 is 2.47 bits per heavy atom. The molecule has 0 radical (unpaired) electrons. The molecular formula is C26H24N4O4. The van der Waals surface area contributed by atoms with Gasteiger partial charge in [0, 0.05) is 16.6 Å². The first-order valence-electron chi connectivity index (χ1n) is 11.0. The summed E-state index contributed by atoms with van der Waals surface area (Å²) in [6.45, 7) is 1.97. The molecule has 8 heteroatoms. The second kappa shape index (κ2) is 9.01. The molecule has 1 aliphatic rings. The first-order valence-corrected chi connectivity index (χ1v) is 11.0. The van der Waals surface area contributed by atoms with Crippen LogP contribution in [-0.4, -0.2) is 23.0 Å². The summed E-state index contributed by atoms with van der Waals surface area (Å²) in [5.41, 5.74) is 9.27. The summed E-state index contributed by atoms with van der Waals surface area (Å²) in [5, 5.41) is 16.5. The number of rotatable bonds is 5. The highest BCUT2D eigenvalue weighted by Crippen LogP contribution is 2.33. The first kappa shape index (κ1) is 21.7. The maximum absolute atomic E-state index is 13.1. The molecule has 1 aliphatic heterocycles. The van der Waals surface area contributed by atoms with Gasteiger partial charge in [0.15, 0.2) is 0 Å². The number of aromatic hydroxyl groups is 1. The number of carbonyl (C=O) groups is 2. The number of amides is 2. The zero-order chi connectivity index (χ0) is 23.7. The molecule has 0 bridgehead atoms. The summed E-state index contributed by atoms with van der Waals surface area (Å²) in [7, 11) is 0. The lowest BCUT2D eigenvalue weighted by Gasteiger charge is -2.12. The number of phenolic OH excluding ortho intramolecular Hbond substituents is 1. The van der Waals surface area contributed by atoms with Crippen LogP contribution < -0.4 is 21.5 Å². The Kier molecular flexibility index (Phi) is 5.75. The predicted molar refractivity (Wildman–Crippen MR) is 130 cm³/mol. The molecule has 1 aromatic heterocycles. The molecule has 2 atom stereocenters. The largest absolute Gasteiger partial charge is 0.508 e. The monoisotopic (exact) mass is 456 g/mol. The molecule has 1 fully saturated rings. The molecule has 1 saturated heterocycles.